The Kier molecular flexibility index (Phi) is 5.09. The van der Waals surface area contributed by atoms with E-state index < -0.39 is 0 Å². The number of aryl methyl sites for hydroxylation is 1. The van der Waals surface area contributed by atoms with Crippen molar-refractivity contribution in [2.45, 2.75) is 6.92 Å². The summed E-state index contributed by atoms with van der Waals surface area (Å²) in [4.78, 5) is 24.6. The molecule has 5 rings (SSSR count). The third-order valence-corrected chi connectivity index (χ3v) is 5.07. The normalized spacial score (nSPS) is 10.8. The molecule has 0 saturated carbocycles. The fourth-order valence-electron chi connectivity index (χ4n) is 3.46. The van der Waals surface area contributed by atoms with Gasteiger partial charge in [-0.1, -0.05) is 48.0 Å². The highest BCUT2D eigenvalue weighted by atomic mass is 16.5. The summed E-state index contributed by atoms with van der Waals surface area (Å²) in [5, 5.41) is 3.60. The summed E-state index contributed by atoms with van der Waals surface area (Å²) in [5.41, 5.74) is 3.82. The number of nitrogens with one attached hydrogen (secondary N) is 2. The molecule has 0 fully saturated rings. The van der Waals surface area contributed by atoms with Crippen molar-refractivity contribution in [1.29, 1.82) is 0 Å². The molecule has 0 amide bonds. The first kappa shape index (κ1) is 19.5. The summed E-state index contributed by atoms with van der Waals surface area (Å²) < 4.78 is 5.81. The molecule has 2 N–H and O–H groups in total. The van der Waals surface area contributed by atoms with Crippen LogP contribution in [0.4, 0.5) is 11.6 Å². The van der Waals surface area contributed by atoms with Gasteiger partial charge in [-0.3, -0.25) is 9.78 Å². The van der Waals surface area contributed by atoms with Crippen LogP contribution in [0.1, 0.15) is 5.56 Å². The van der Waals surface area contributed by atoms with Crippen molar-refractivity contribution in [2.75, 3.05) is 5.32 Å². The van der Waals surface area contributed by atoms with Crippen LogP contribution < -0.4 is 15.6 Å². The van der Waals surface area contributed by atoms with E-state index >= 15 is 0 Å². The lowest BCUT2D eigenvalue weighted by molar-refractivity contribution is 0.483. The number of H-pyrrole nitrogens is 1. The third-order valence-electron chi connectivity index (χ3n) is 5.07. The maximum Gasteiger partial charge on any atom is 0.262 e. The Morgan fingerprint density at radius 3 is 2.31 bits per heavy atom. The number of nitrogens with zero attached hydrogens (tertiary/aromatic N) is 2. The first-order valence-corrected chi connectivity index (χ1v) is 10.2. The molecular formula is C26H20N4O2. The number of hydrogen-bond acceptors (Lipinski definition) is 5. The second-order valence-corrected chi connectivity index (χ2v) is 7.40. The number of anilines is 2. The number of rotatable bonds is 5. The van der Waals surface area contributed by atoms with Gasteiger partial charge < -0.3 is 10.1 Å². The lowest BCUT2D eigenvalue weighted by Crippen LogP contribution is -2.13. The van der Waals surface area contributed by atoms with Crippen molar-refractivity contribution in [3.05, 3.63) is 107 Å². The Morgan fingerprint density at radius 2 is 1.56 bits per heavy atom. The molecule has 156 valence electrons. The molecule has 0 aliphatic heterocycles. The number of aromatic amines is 1. The molecule has 0 spiro atoms. The molecule has 6 nitrogen and oxygen atoms in total. The van der Waals surface area contributed by atoms with Crippen LogP contribution in [0.25, 0.3) is 22.2 Å². The van der Waals surface area contributed by atoms with Gasteiger partial charge in [-0.25, -0.2) is 4.98 Å². The molecule has 0 aliphatic rings. The Labute approximate surface area is 184 Å². The largest absolute Gasteiger partial charge is 0.457 e. The van der Waals surface area contributed by atoms with Crippen molar-refractivity contribution in [2.24, 2.45) is 0 Å². The lowest BCUT2D eigenvalue weighted by Gasteiger charge is -2.10. The van der Waals surface area contributed by atoms with Crippen molar-refractivity contribution in [3.8, 4) is 22.6 Å². The predicted octanol–water partition coefficient (Wildman–Crippen LogP) is 5.83. The number of aromatic nitrogens is 3. The van der Waals surface area contributed by atoms with Crippen LogP contribution in [0.5, 0.6) is 11.5 Å². The lowest BCUT2D eigenvalue weighted by atomic mass is 10.0. The molecule has 0 bridgehead atoms. The minimum atomic E-state index is -0.245. The van der Waals surface area contributed by atoms with E-state index in [-0.39, 0.29) is 5.56 Å². The molecule has 2 aromatic heterocycles. The van der Waals surface area contributed by atoms with E-state index in [1.807, 2.05) is 91.9 Å². The monoisotopic (exact) mass is 420 g/mol. The standard InChI is InChI=1S/C26H20N4O2/c1-17-7-9-18(10-8-17)22-15-16-27-24-23(22)25(31)30-26(29-24)28-19-11-13-21(14-12-19)32-20-5-3-2-4-6-20/h2-16H,1H3,(H2,27,28,29,30,31). The van der Waals surface area contributed by atoms with Gasteiger partial charge in [0.2, 0.25) is 5.95 Å². The molecule has 2 heterocycles. The van der Waals surface area contributed by atoms with Crippen LogP contribution >= 0.6 is 0 Å². The maximum atomic E-state index is 12.9. The highest BCUT2D eigenvalue weighted by Gasteiger charge is 2.11. The summed E-state index contributed by atoms with van der Waals surface area (Å²) in [6.45, 7) is 2.03. The Hall–Kier alpha value is -4.45. The van der Waals surface area contributed by atoms with Crippen molar-refractivity contribution < 1.29 is 4.74 Å². The van der Waals surface area contributed by atoms with Crippen molar-refractivity contribution in [3.63, 3.8) is 0 Å². The zero-order valence-electron chi connectivity index (χ0n) is 17.4. The molecule has 5 aromatic rings. The quantitative estimate of drug-likeness (QED) is 0.374. The number of pyridine rings is 1. The SMILES string of the molecule is Cc1ccc(-c2ccnc3nc(Nc4ccc(Oc5ccccc5)cc4)[nH]c(=O)c23)cc1. The fourth-order valence-corrected chi connectivity index (χ4v) is 3.46. The summed E-state index contributed by atoms with van der Waals surface area (Å²) in [5.74, 6) is 1.81. The minimum Gasteiger partial charge on any atom is -0.457 e. The zero-order chi connectivity index (χ0) is 21.9. The second kappa shape index (κ2) is 8.35. The van der Waals surface area contributed by atoms with Gasteiger partial charge in [-0.15, -0.1) is 0 Å². The Balaban J connectivity index is 1.42. The van der Waals surface area contributed by atoms with Gasteiger partial charge in [0.1, 0.15) is 11.5 Å². The first-order valence-electron chi connectivity index (χ1n) is 10.2. The van der Waals surface area contributed by atoms with Gasteiger partial charge >= 0.3 is 0 Å². The summed E-state index contributed by atoms with van der Waals surface area (Å²) in [6, 6.07) is 26.9. The molecular weight excluding hydrogens is 400 g/mol. The van der Waals surface area contributed by atoms with Gasteiger partial charge in [0, 0.05) is 11.9 Å². The van der Waals surface area contributed by atoms with Gasteiger partial charge in [0.25, 0.3) is 5.56 Å². The second-order valence-electron chi connectivity index (χ2n) is 7.40. The zero-order valence-corrected chi connectivity index (χ0v) is 17.4. The average Bonchev–Trinajstić information content (AvgIpc) is 2.81. The molecule has 0 aliphatic carbocycles. The molecule has 32 heavy (non-hydrogen) atoms. The average molecular weight is 420 g/mol. The summed E-state index contributed by atoms with van der Waals surface area (Å²) in [7, 11) is 0. The van der Waals surface area contributed by atoms with E-state index in [1.54, 1.807) is 6.20 Å². The van der Waals surface area contributed by atoms with Crippen LogP contribution in [0, 0.1) is 6.92 Å². The molecule has 6 heteroatoms. The molecule has 0 saturated heterocycles. The minimum absolute atomic E-state index is 0.245. The van der Waals surface area contributed by atoms with Gasteiger partial charge in [-0.2, -0.15) is 4.98 Å². The number of fused-ring (bicyclic) bond motifs is 1. The number of ether oxygens (including phenoxy) is 1. The van der Waals surface area contributed by atoms with E-state index in [1.165, 1.54) is 0 Å². The van der Waals surface area contributed by atoms with E-state index in [2.05, 4.69) is 20.3 Å². The molecule has 0 unspecified atom stereocenters. The van der Waals surface area contributed by atoms with E-state index in [0.717, 1.165) is 28.1 Å². The molecule has 3 aromatic carbocycles. The maximum absolute atomic E-state index is 12.9. The van der Waals surface area contributed by atoms with Gasteiger partial charge in [0.05, 0.1) is 5.39 Å². The topological polar surface area (TPSA) is 79.9 Å². The van der Waals surface area contributed by atoms with Crippen molar-refractivity contribution in [1.82, 2.24) is 15.0 Å². The number of hydrogen-bond donors (Lipinski definition) is 2. The van der Waals surface area contributed by atoms with Crippen LogP contribution in [-0.2, 0) is 0 Å². The predicted molar refractivity (Wildman–Crippen MR) is 127 cm³/mol. The Bertz CT molecular complexity index is 1430. The van der Waals surface area contributed by atoms with E-state index in [9.17, 15) is 4.79 Å². The highest BCUT2D eigenvalue weighted by Crippen LogP contribution is 2.26. The summed E-state index contributed by atoms with van der Waals surface area (Å²) >= 11 is 0. The van der Waals surface area contributed by atoms with E-state index in [0.29, 0.717) is 22.7 Å². The van der Waals surface area contributed by atoms with Crippen LogP contribution in [0.15, 0.2) is 95.9 Å². The van der Waals surface area contributed by atoms with Crippen LogP contribution in [0.3, 0.4) is 0 Å². The first-order chi connectivity index (χ1) is 15.7. The van der Waals surface area contributed by atoms with Crippen LogP contribution in [-0.4, -0.2) is 15.0 Å². The summed E-state index contributed by atoms with van der Waals surface area (Å²) in [6.07, 6.45) is 1.67. The van der Waals surface area contributed by atoms with Gasteiger partial charge in [-0.05, 0) is 60.5 Å². The van der Waals surface area contributed by atoms with Crippen LogP contribution in [0.2, 0.25) is 0 Å². The Morgan fingerprint density at radius 1 is 0.844 bits per heavy atom. The van der Waals surface area contributed by atoms with Crippen molar-refractivity contribution >= 4 is 22.7 Å². The van der Waals surface area contributed by atoms with E-state index in [4.69, 9.17) is 4.74 Å². The molecule has 0 radical (unpaired) electrons. The third kappa shape index (κ3) is 4.06. The fraction of sp³-hybridized carbons (Fsp3) is 0.0385. The van der Waals surface area contributed by atoms with Gasteiger partial charge in [0.15, 0.2) is 5.65 Å². The highest BCUT2D eigenvalue weighted by molar-refractivity contribution is 5.92. The number of benzene rings is 3. The smallest absolute Gasteiger partial charge is 0.262 e. The molecule has 0 atom stereocenters. The number of para-hydroxylation sites is 1.